The number of amides is 1. The summed E-state index contributed by atoms with van der Waals surface area (Å²) in [4.78, 5) is 23.6. The van der Waals surface area contributed by atoms with Gasteiger partial charge in [0.2, 0.25) is 5.91 Å². The van der Waals surface area contributed by atoms with Gasteiger partial charge in [-0.25, -0.2) is 4.79 Å². The summed E-state index contributed by atoms with van der Waals surface area (Å²) in [6, 6.07) is 10.3. The molecule has 1 unspecified atom stereocenters. The number of hydrogen-bond acceptors (Lipinski definition) is 5. The normalized spacial score (nSPS) is 13.0. The van der Waals surface area contributed by atoms with Gasteiger partial charge in [0.05, 0.1) is 6.04 Å². The third kappa shape index (κ3) is 5.50. The van der Waals surface area contributed by atoms with Crippen molar-refractivity contribution in [3.63, 3.8) is 0 Å². The van der Waals surface area contributed by atoms with E-state index in [-0.39, 0.29) is 24.3 Å². The highest BCUT2D eigenvalue weighted by Crippen LogP contribution is 2.13. The van der Waals surface area contributed by atoms with Gasteiger partial charge in [0.1, 0.15) is 17.5 Å². The Morgan fingerprint density at radius 1 is 0.880 bits per heavy atom. The number of rotatable bonds is 7. The fourth-order valence-electron chi connectivity index (χ4n) is 2.33. The van der Waals surface area contributed by atoms with Crippen LogP contribution in [0.3, 0.4) is 0 Å². The van der Waals surface area contributed by atoms with Crippen LogP contribution in [0.5, 0.6) is 11.5 Å². The molecule has 0 aliphatic rings. The quantitative estimate of drug-likeness (QED) is 0.504. The number of nitrogens with one attached hydrogen (secondary N) is 1. The molecule has 2 aromatic carbocycles. The van der Waals surface area contributed by atoms with Crippen molar-refractivity contribution in [1.29, 1.82) is 0 Å². The minimum absolute atomic E-state index is 0.0767. The third-order valence-electron chi connectivity index (χ3n) is 3.72. The molecule has 0 saturated carbocycles. The van der Waals surface area contributed by atoms with Crippen LogP contribution in [0.25, 0.3) is 0 Å². The van der Waals surface area contributed by atoms with E-state index in [1.807, 2.05) is 0 Å². The first-order valence-corrected chi connectivity index (χ1v) is 7.69. The Labute approximate surface area is 144 Å². The molecule has 0 aromatic heterocycles. The van der Waals surface area contributed by atoms with Gasteiger partial charge >= 0.3 is 5.97 Å². The van der Waals surface area contributed by atoms with Crippen molar-refractivity contribution in [2.75, 3.05) is 0 Å². The molecule has 0 aliphatic carbocycles. The van der Waals surface area contributed by atoms with E-state index in [0.29, 0.717) is 5.56 Å². The Kier molecular flexibility index (Phi) is 5.97. The average molecular weight is 344 g/mol. The number of phenolic OH excluding ortho intramolecular Hbond substituents is 2. The number of benzene rings is 2. The van der Waals surface area contributed by atoms with Crippen LogP contribution >= 0.6 is 0 Å². The van der Waals surface area contributed by atoms with Gasteiger partial charge in [-0.05, 0) is 41.8 Å². The first kappa shape index (κ1) is 18.3. The van der Waals surface area contributed by atoms with Gasteiger partial charge in [-0.15, -0.1) is 0 Å². The topological polar surface area (TPSA) is 133 Å². The Balaban J connectivity index is 1.97. The molecule has 0 bridgehead atoms. The van der Waals surface area contributed by atoms with Crippen molar-refractivity contribution in [3.05, 3.63) is 59.7 Å². The molecule has 7 heteroatoms. The monoisotopic (exact) mass is 344 g/mol. The number of aromatic hydroxyl groups is 2. The molecule has 0 aliphatic heterocycles. The fraction of sp³-hybridized carbons (Fsp3) is 0.222. The van der Waals surface area contributed by atoms with Crippen LogP contribution in [0.2, 0.25) is 0 Å². The highest BCUT2D eigenvalue weighted by molar-refractivity contribution is 5.87. The fourth-order valence-corrected chi connectivity index (χ4v) is 2.33. The van der Waals surface area contributed by atoms with E-state index in [4.69, 9.17) is 5.73 Å². The summed E-state index contributed by atoms with van der Waals surface area (Å²) < 4.78 is 0. The highest BCUT2D eigenvalue weighted by Gasteiger charge is 2.23. The van der Waals surface area contributed by atoms with Crippen LogP contribution in [-0.4, -0.2) is 39.3 Å². The number of carboxylic acids is 1. The standard InChI is InChI=1S/C18H20N2O5/c19-15(9-11-1-5-13(21)6-2-11)17(23)20-16(18(24)25)10-12-3-7-14(22)8-4-12/h1-8,15-16,21-22H,9-10,19H2,(H,20,23)(H,24,25)/t15-,16?/m0/s1. The van der Waals surface area contributed by atoms with Gasteiger partial charge in [-0.1, -0.05) is 24.3 Å². The predicted molar refractivity (Wildman–Crippen MR) is 91.2 cm³/mol. The van der Waals surface area contributed by atoms with E-state index in [9.17, 15) is 24.9 Å². The second-order valence-corrected chi connectivity index (χ2v) is 5.75. The molecule has 7 nitrogen and oxygen atoms in total. The lowest BCUT2D eigenvalue weighted by atomic mass is 10.0. The number of aliphatic carboxylic acids is 1. The lowest BCUT2D eigenvalue weighted by Gasteiger charge is -2.18. The molecular weight excluding hydrogens is 324 g/mol. The molecule has 0 radical (unpaired) electrons. The van der Waals surface area contributed by atoms with Crippen LogP contribution in [0, 0.1) is 0 Å². The summed E-state index contributed by atoms with van der Waals surface area (Å²) in [5.74, 6) is -1.55. The SMILES string of the molecule is N[C@@H](Cc1ccc(O)cc1)C(=O)NC(Cc1ccc(O)cc1)C(=O)O. The van der Waals surface area contributed by atoms with E-state index in [1.165, 1.54) is 24.3 Å². The minimum Gasteiger partial charge on any atom is -0.508 e. The van der Waals surface area contributed by atoms with Crippen molar-refractivity contribution in [3.8, 4) is 11.5 Å². The van der Waals surface area contributed by atoms with E-state index in [0.717, 1.165) is 5.56 Å². The maximum atomic E-state index is 12.2. The van der Waals surface area contributed by atoms with Crippen molar-refractivity contribution in [2.45, 2.75) is 24.9 Å². The molecule has 0 fully saturated rings. The maximum absolute atomic E-state index is 12.2. The van der Waals surface area contributed by atoms with Crippen LogP contribution in [0.4, 0.5) is 0 Å². The van der Waals surface area contributed by atoms with Crippen LogP contribution in [0.1, 0.15) is 11.1 Å². The zero-order valence-electron chi connectivity index (χ0n) is 13.4. The van der Waals surface area contributed by atoms with Gasteiger partial charge in [-0.2, -0.15) is 0 Å². The van der Waals surface area contributed by atoms with Crippen molar-refractivity contribution in [1.82, 2.24) is 5.32 Å². The van der Waals surface area contributed by atoms with Gasteiger partial charge in [-0.3, -0.25) is 4.79 Å². The summed E-state index contributed by atoms with van der Waals surface area (Å²) in [5, 5.41) is 30.2. The van der Waals surface area contributed by atoms with E-state index in [2.05, 4.69) is 5.32 Å². The largest absolute Gasteiger partial charge is 0.508 e. The number of hydrogen-bond donors (Lipinski definition) is 5. The van der Waals surface area contributed by atoms with Gasteiger partial charge in [0.25, 0.3) is 0 Å². The molecular formula is C18H20N2O5. The first-order chi connectivity index (χ1) is 11.8. The molecule has 0 heterocycles. The molecule has 2 rings (SSSR count). The van der Waals surface area contributed by atoms with Gasteiger partial charge < -0.3 is 26.4 Å². The summed E-state index contributed by atoms with van der Waals surface area (Å²) in [6.07, 6.45) is 0.297. The first-order valence-electron chi connectivity index (χ1n) is 7.69. The Morgan fingerprint density at radius 2 is 1.32 bits per heavy atom. The number of nitrogens with two attached hydrogens (primary N) is 1. The van der Waals surface area contributed by atoms with Crippen molar-refractivity contribution in [2.24, 2.45) is 5.73 Å². The Bertz CT molecular complexity index is 728. The Hall–Kier alpha value is -3.06. The van der Waals surface area contributed by atoms with Gasteiger partial charge in [0, 0.05) is 6.42 Å². The molecule has 0 saturated heterocycles. The lowest BCUT2D eigenvalue weighted by molar-refractivity contribution is -0.141. The highest BCUT2D eigenvalue weighted by atomic mass is 16.4. The number of carbonyl (C=O) groups is 2. The molecule has 132 valence electrons. The van der Waals surface area contributed by atoms with E-state index in [1.54, 1.807) is 24.3 Å². The van der Waals surface area contributed by atoms with E-state index >= 15 is 0 Å². The molecule has 0 spiro atoms. The summed E-state index contributed by atoms with van der Waals surface area (Å²) >= 11 is 0. The van der Waals surface area contributed by atoms with Crippen molar-refractivity contribution >= 4 is 11.9 Å². The minimum atomic E-state index is -1.17. The Morgan fingerprint density at radius 3 is 1.76 bits per heavy atom. The van der Waals surface area contributed by atoms with Gasteiger partial charge in [0.15, 0.2) is 0 Å². The number of carboxylic acid groups (broad SMARTS) is 1. The zero-order valence-corrected chi connectivity index (χ0v) is 13.4. The molecule has 6 N–H and O–H groups in total. The number of phenols is 2. The van der Waals surface area contributed by atoms with Crippen LogP contribution in [0.15, 0.2) is 48.5 Å². The maximum Gasteiger partial charge on any atom is 0.326 e. The smallest absolute Gasteiger partial charge is 0.326 e. The zero-order chi connectivity index (χ0) is 18.4. The van der Waals surface area contributed by atoms with E-state index < -0.39 is 24.0 Å². The second kappa shape index (κ2) is 8.16. The summed E-state index contributed by atoms with van der Waals surface area (Å²) in [5.41, 5.74) is 7.27. The van der Waals surface area contributed by atoms with Crippen molar-refractivity contribution < 1.29 is 24.9 Å². The molecule has 1 amide bonds. The van der Waals surface area contributed by atoms with Crippen LogP contribution < -0.4 is 11.1 Å². The predicted octanol–water partition coefficient (Wildman–Crippen LogP) is 0.780. The molecule has 2 aromatic rings. The summed E-state index contributed by atoms with van der Waals surface area (Å²) in [6.45, 7) is 0. The molecule has 2 atom stereocenters. The average Bonchev–Trinajstić information content (AvgIpc) is 2.58. The number of carbonyl (C=O) groups excluding carboxylic acids is 1. The van der Waals surface area contributed by atoms with Crippen LogP contribution in [-0.2, 0) is 22.4 Å². The second-order valence-electron chi connectivity index (χ2n) is 5.75. The summed E-state index contributed by atoms with van der Waals surface area (Å²) in [7, 11) is 0. The molecule has 25 heavy (non-hydrogen) atoms. The third-order valence-corrected chi connectivity index (χ3v) is 3.72. The lowest BCUT2D eigenvalue weighted by Crippen LogP contribution is -2.50.